The molecular weight excluding hydrogens is 444 g/mol. The monoisotopic (exact) mass is 474 g/mol. The number of nitrogens with one attached hydrogen (secondary N) is 1. The van der Waals surface area contributed by atoms with E-state index in [1.165, 1.54) is 16.9 Å². The summed E-state index contributed by atoms with van der Waals surface area (Å²) in [5.41, 5.74) is 4.33. The van der Waals surface area contributed by atoms with Gasteiger partial charge in [-0.15, -0.1) is 0 Å². The van der Waals surface area contributed by atoms with Crippen LogP contribution in [0.4, 0.5) is 5.82 Å². The standard InChI is InChI=1S/C22H30N6O6/c1-11(2)7-16(29)33-8-14-18(30)19(31)22(9-23,34-14)15-6-5-13-20(25-10-26-28(13)15)27-21(32)17(24)12(3)4/h5-6,10-12,14,17-19,30-31H,7-8,24H2,1-4H3,(H,25,26,27,32)/t14-,17+,18-,19-,22+/m1/s1. The Labute approximate surface area is 196 Å². The van der Waals surface area contributed by atoms with Crippen LogP contribution in [0.15, 0.2) is 18.5 Å². The van der Waals surface area contributed by atoms with Crippen molar-refractivity contribution in [3.8, 4) is 6.07 Å². The van der Waals surface area contributed by atoms with E-state index >= 15 is 0 Å². The molecule has 0 aromatic carbocycles. The van der Waals surface area contributed by atoms with Crippen molar-refractivity contribution in [3.63, 3.8) is 0 Å². The second kappa shape index (κ2) is 10.0. The maximum atomic E-state index is 12.4. The average Bonchev–Trinajstić information content (AvgIpc) is 3.32. The lowest BCUT2D eigenvalue weighted by Gasteiger charge is -2.24. The minimum Gasteiger partial charge on any atom is -0.463 e. The summed E-state index contributed by atoms with van der Waals surface area (Å²) >= 11 is 0. The van der Waals surface area contributed by atoms with Crippen molar-refractivity contribution < 1.29 is 29.3 Å². The number of carbonyl (C=O) groups excluding carboxylic acids is 2. The molecule has 2 aromatic rings. The fourth-order valence-electron chi connectivity index (χ4n) is 3.70. The largest absolute Gasteiger partial charge is 0.463 e. The third-order valence-electron chi connectivity index (χ3n) is 5.70. The second-order valence-electron chi connectivity index (χ2n) is 9.10. The van der Waals surface area contributed by atoms with Crippen LogP contribution < -0.4 is 11.1 Å². The third kappa shape index (κ3) is 4.74. The maximum Gasteiger partial charge on any atom is 0.306 e. The Morgan fingerprint density at radius 1 is 1.35 bits per heavy atom. The van der Waals surface area contributed by atoms with Gasteiger partial charge in [0.2, 0.25) is 11.5 Å². The summed E-state index contributed by atoms with van der Waals surface area (Å²) in [4.78, 5) is 28.4. The highest BCUT2D eigenvalue weighted by atomic mass is 16.6. The first-order chi connectivity index (χ1) is 16.0. The summed E-state index contributed by atoms with van der Waals surface area (Å²) in [5.74, 6) is -0.776. The summed E-state index contributed by atoms with van der Waals surface area (Å²) < 4.78 is 12.2. The number of nitrogens with two attached hydrogens (primary N) is 1. The molecule has 5 N–H and O–H groups in total. The molecule has 0 spiro atoms. The second-order valence-corrected chi connectivity index (χ2v) is 9.10. The van der Waals surface area contributed by atoms with Crippen molar-refractivity contribution >= 4 is 23.2 Å². The Morgan fingerprint density at radius 3 is 2.68 bits per heavy atom. The lowest BCUT2D eigenvalue weighted by Crippen LogP contribution is -2.41. The first-order valence-electron chi connectivity index (χ1n) is 11.0. The smallest absolute Gasteiger partial charge is 0.306 e. The predicted molar refractivity (Wildman–Crippen MR) is 119 cm³/mol. The Kier molecular flexibility index (Phi) is 7.52. The van der Waals surface area contributed by atoms with Crippen LogP contribution in [0.5, 0.6) is 0 Å². The zero-order chi connectivity index (χ0) is 25.2. The van der Waals surface area contributed by atoms with Gasteiger partial charge in [-0.3, -0.25) is 9.59 Å². The molecule has 12 heteroatoms. The number of hydrogen-bond donors (Lipinski definition) is 4. The van der Waals surface area contributed by atoms with Gasteiger partial charge in [0.1, 0.15) is 42.8 Å². The molecule has 3 heterocycles. The van der Waals surface area contributed by atoms with Crippen molar-refractivity contribution in [1.29, 1.82) is 5.26 Å². The van der Waals surface area contributed by atoms with Crippen LogP contribution in [0.2, 0.25) is 0 Å². The lowest BCUT2D eigenvalue weighted by atomic mass is 9.92. The fourth-order valence-corrected chi connectivity index (χ4v) is 3.70. The van der Waals surface area contributed by atoms with Gasteiger partial charge in [0.15, 0.2) is 5.82 Å². The lowest BCUT2D eigenvalue weighted by molar-refractivity contribution is -0.151. The number of rotatable bonds is 8. The van der Waals surface area contributed by atoms with Gasteiger partial charge in [0.05, 0.1) is 11.7 Å². The molecule has 34 heavy (non-hydrogen) atoms. The summed E-state index contributed by atoms with van der Waals surface area (Å²) in [6, 6.07) is 4.20. The summed E-state index contributed by atoms with van der Waals surface area (Å²) in [7, 11) is 0. The Hall–Kier alpha value is -3.11. The van der Waals surface area contributed by atoms with Crippen molar-refractivity contribution in [2.24, 2.45) is 17.6 Å². The first kappa shape index (κ1) is 25.5. The van der Waals surface area contributed by atoms with Gasteiger partial charge in [-0.05, 0) is 24.0 Å². The van der Waals surface area contributed by atoms with Crippen LogP contribution in [0.1, 0.15) is 39.8 Å². The zero-order valence-corrected chi connectivity index (χ0v) is 19.5. The molecule has 0 aliphatic carbocycles. The number of aliphatic hydroxyl groups excluding tert-OH is 2. The van der Waals surface area contributed by atoms with E-state index in [1.54, 1.807) is 6.07 Å². The molecule has 5 atom stereocenters. The highest BCUT2D eigenvalue weighted by molar-refractivity contribution is 5.97. The molecule has 0 unspecified atom stereocenters. The van der Waals surface area contributed by atoms with E-state index in [-0.39, 0.29) is 36.4 Å². The minimum atomic E-state index is -2.01. The minimum absolute atomic E-state index is 0.0854. The highest BCUT2D eigenvalue weighted by Crippen LogP contribution is 2.40. The number of aliphatic hydroxyl groups is 2. The number of esters is 1. The van der Waals surface area contributed by atoms with Gasteiger partial charge < -0.3 is 30.7 Å². The van der Waals surface area contributed by atoms with Crippen LogP contribution in [0, 0.1) is 23.2 Å². The Bertz CT molecular complexity index is 1100. The number of aromatic nitrogens is 3. The molecule has 1 saturated heterocycles. The number of amides is 1. The zero-order valence-electron chi connectivity index (χ0n) is 19.5. The predicted octanol–water partition coefficient (Wildman–Crippen LogP) is 0.0799. The Morgan fingerprint density at radius 2 is 2.06 bits per heavy atom. The van der Waals surface area contributed by atoms with E-state index in [4.69, 9.17) is 15.2 Å². The third-order valence-corrected chi connectivity index (χ3v) is 5.70. The van der Waals surface area contributed by atoms with E-state index in [1.807, 2.05) is 33.8 Å². The summed E-state index contributed by atoms with van der Waals surface area (Å²) in [6.07, 6.45) is -2.94. The van der Waals surface area contributed by atoms with Crippen LogP contribution in [-0.4, -0.2) is 67.6 Å². The van der Waals surface area contributed by atoms with Crippen molar-refractivity contribution in [1.82, 2.24) is 14.6 Å². The van der Waals surface area contributed by atoms with E-state index in [2.05, 4.69) is 15.4 Å². The van der Waals surface area contributed by atoms with E-state index in [9.17, 15) is 25.1 Å². The molecule has 0 saturated carbocycles. The SMILES string of the molecule is CC(C)CC(=O)OC[C@H]1O[C@@](C#N)(c2ccc3c(NC(=O)[C@@H](N)C(C)C)ncnn23)[C@H](O)[C@@H]1O. The quantitative estimate of drug-likeness (QED) is 0.382. The molecule has 1 aliphatic rings. The Balaban J connectivity index is 1.89. The van der Waals surface area contributed by atoms with Crippen molar-refractivity contribution in [2.45, 2.75) is 64.1 Å². The first-order valence-corrected chi connectivity index (χ1v) is 11.0. The van der Waals surface area contributed by atoms with Crippen LogP contribution >= 0.6 is 0 Å². The number of carbonyl (C=O) groups is 2. The van der Waals surface area contributed by atoms with Gasteiger partial charge in [-0.2, -0.15) is 10.4 Å². The van der Waals surface area contributed by atoms with E-state index in [0.717, 1.165) is 0 Å². The van der Waals surface area contributed by atoms with E-state index in [0.29, 0.717) is 5.52 Å². The molecule has 1 aliphatic heterocycles. The average molecular weight is 475 g/mol. The maximum absolute atomic E-state index is 12.4. The summed E-state index contributed by atoms with van der Waals surface area (Å²) in [6.45, 7) is 7.01. The topological polar surface area (TPSA) is 185 Å². The van der Waals surface area contributed by atoms with Crippen LogP contribution in [-0.2, 0) is 24.7 Å². The molecule has 184 valence electrons. The number of anilines is 1. The molecule has 0 radical (unpaired) electrons. The number of fused-ring (bicyclic) bond motifs is 1. The van der Waals surface area contributed by atoms with Crippen molar-refractivity contribution in [2.75, 3.05) is 11.9 Å². The summed E-state index contributed by atoms with van der Waals surface area (Å²) in [5, 5.41) is 38.1. The number of nitriles is 1. The normalized spacial score (nSPS) is 25.5. The fraction of sp³-hybridized carbons (Fsp3) is 0.591. The van der Waals surface area contributed by atoms with Gasteiger partial charge in [-0.25, -0.2) is 9.50 Å². The van der Waals surface area contributed by atoms with Crippen LogP contribution in [0.25, 0.3) is 5.52 Å². The van der Waals surface area contributed by atoms with Crippen LogP contribution in [0.3, 0.4) is 0 Å². The molecule has 1 amide bonds. The van der Waals surface area contributed by atoms with Gasteiger partial charge in [0.25, 0.3) is 0 Å². The van der Waals surface area contributed by atoms with E-state index < -0.39 is 41.8 Å². The number of hydrogen-bond acceptors (Lipinski definition) is 10. The highest BCUT2D eigenvalue weighted by Gasteiger charge is 2.57. The number of ether oxygens (including phenoxy) is 2. The molecule has 1 fully saturated rings. The van der Waals surface area contributed by atoms with Crippen molar-refractivity contribution in [3.05, 3.63) is 24.2 Å². The number of nitrogens with zero attached hydrogens (tertiary/aromatic N) is 4. The molecule has 3 rings (SSSR count). The molecule has 0 bridgehead atoms. The molecular formula is C22H30N6O6. The van der Waals surface area contributed by atoms with Gasteiger partial charge in [0, 0.05) is 6.42 Å². The molecule has 2 aromatic heterocycles. The van der Waals surface area contributed by atoms with Gasteiger partial charge >= 0.3 is 5.97 Å². The van der Waals surface area contributed by atoms with Gasteiger partial charge in [-0.1, -0.05) is 27.7 Å². The molecule has 12 nitrogen and oxygen atoms in total.